The molecule has 0 aromatic heterocycles. The summed E-state index contributed by atoms with van der Waals surface area (Å²) in [6.07, 6.45) is 3.88. The maximum absolute atomic E-state index is 13.1. The van der Waals surface area contributed by atoms with Crippen LogP contribution in [-0.2, 0) is 6.54 Å². The van der Waals surface area contributed by atoms with Crippen molar-refractivity contribution in [2.45, 2.75) is 26.3 Å². The van der Waals surface area contributed by atoms with Crippen LogP contribution in [0.1, 0.15) is 41.3 Å². The Bertz CT molecular complexity index is 1050. The second kappa shape index (κ2) is 9.12. The molecule has 32 heavy (non-hydrogen) atoms. The monoisotopic (exact) mass is 439 g/mol. The molecule has 0 aliphatic carbocycles. The van der Waals surface area contributed by atoms with Crippen LogP contribution < -0.4 is 18.9 Å². The van der Waals surface area contributed by atoms with Crippen LogP contribution in [0.3, 0.4) is 0 Å². The van der Waals surface area contributed by atoms with E-state index >= 15 is 0 Å². The van der Waals surface area contributed by atoms with E-state index in [0.717, 1.165) is 25.9 Å². The third-order valence-corrected chi connectivity index (χ3v) is 6.20. The number of aromatic hydroxyl groups is 1. The Balaban J connectivity index is 1.67. The zero-order valence-electron chi connectivity index (χ0n) is 18.9. The molecule has 2 aromatic carbocycles. The second-order valence-corrected chi connectivity index (χ2v) is 8.26. The average molecular weight is 440 g/mol. The Morgan fingerprint density at radius 3 is 2.44 bits per heavy atom. The quantitative estimate of drug-likeness (QED) is 0.674. The molecule has 0 unspecified atom stereocenters. The van der Waals surface area contributed by atoms with E-state index in [-0.39, 0.29) is 17.3 Å². The number of ketones is 1. The fraction of sp³-hybridized carbons (Fsp3) is 0.400. The van der Waals surface area contributed by atoms with Crippen molar-refractivity contribution in [1.29, 1.82) is 0 Å². The molecule has 2 aliphatic rings. The SMILES string of the molecule is COc1ccc(C=C2Oc3c(ccc(O)c3CN3CCC(C)CC3)C2=O)c(OC)c1OC. The number of carbonyl (C=O) groups is 1. The van der Waals surface area contributed by atoms with Crippen LogP contribution >= 0.6 is 0 Å². The Kier molecular flexibility index (Phi) is 6.28. The normalized spacial score (nSPS) is 17.9. The Morgan fingerprint density at radius 1 is 1.06 bits per heavy atom. The number of rotatable bonds is 6. The first kappa shape index (κ1) is 22.0. The van der Waals surface area contributed by atoms with Crippen molar-refractivity contribution < 1.29 is 28.8 Å². The molecule has 7 nitrogen and oxygen atoms in total. The van der Waals surface area contributed by atoms with Crippen molar-refractivity contribution in [3.8, 4) is 28.7 Å². The van der Waals surface area contributed by atoms with Gasteiger partial charge in [-0.25, -0.2) is 0 Å². The fourth-order valence-corrected chi connectivity index (χ4v) is 4.27. The number of allylic oxidation sites excluding steroid dienone is 1. The van der Waals surface area contributed by atoms with Gasteiger partial charge in [0.25, 0.3) is 0 Å². The first-order valence-electron chi connectivity index (χ1n) is 10.8. The van der Waals surface area contributed by atoms with E-state index in [9.17, 15) is 9.90 Å². The molecule has 0 saturated carbocycles. The van der Waals surface area contributed by atoms with Gasteiger partial charge in [-0.3, -0.25) is 9.69 Å². The van der Waals surface area contributed by atoms with Gasteiger partial charge in [0.1, 0.15) is 11.5 Å². The van der Waals surface area contributed by atoms with Gasteiger partial charge < -0.3 is 24.1 Å². The Morgan fingerprint density at radius 2 is 1.78 bits per heavy atom. The first-order valence-corrected chi connectivity index (χ1v) is 10.8. The number of phenols is 1. The molecule has 0 amide bonds. The third kappa shape index (κ3) is 4.00. The molecule has 0 bridgehead atoms. The third-order valence-electron chi connectivity index (χ3n) is 6.20. The summed E-state index contributed by atoms with van der Waals surface area (Å²) in [6.45, 7) is 4.73. The van der Waals surface area contributed by atoms with E-state index in [1.165, 1.54) is 14.2 Å². The number of hydrogen-bond donors (Lipinski definition) is 1. The molecule has 170 valence electrons. The molecular weight excluding hydrogens is 410 g/mol. The lowest BCUT2D eigenvalue weighted by atomic mass is 9.98. The van der Waals surface area contributed by atoms with Crippen LogP contribution in [0.5, 0.6) is 28.7 Å². The molecule has 2 heterocycles. The summed E-state index contributed by atoms with van der Waals surface area (Å²) in [5, 5.41) is 10.5. The highest BCUT2D eigenvalue weighted by Gasteiger charge is 2.32. The van der Waals surface area contributed by atoms with E-state index in [2.05, 4.69) is 11.8 Å². The van der Waals surface area contributed by atoms with Gasteiger partial charge in [-0.15, -0.1) is 0 Å². The highest BCUT2D eigenvalue weighted by atomic mass is 16.5. The minimum Gasteiger partial charge on any atom is -0.507 e. The summed E-state index contributed by atoms with van der Waals surface area (Å²) in [5.41, 5.74) is 1.72. The lowest BCUT2D eigenvalue weighted by Crippen LogP contribution is -2.32. The topological polar surface area (TPSA) is 77.5 Å². The summed E-state index contributed by atoms with van der Waals surface area (Å²) in [6, 6.07) is 6.71. The van der Waals surface area contributed by atoms with Crippen LogP contribution in [0.4, 0.5) is 0 Å². The molecule has 4 rings (SSSR count). The summed E-state index contributed by atoms with van der Waals surface area (Å²) in [4.78, 5) is 15.4. The summed E-state index contributed by atoms with van der Waals surface area (Å²) < 4.78 is 22.3. The van der Waals surface area contributed by atoms with Gasteiger partial charge in [0.15, 0.2) is 17.3 Å². The van der Waals surface area contributed by atoms with Crippen LogP contribution in [0.15, 0.2) is 30.0 Å². The highest BCUT2D eigenvalue weighted by molar-refractivity contribution is 6.15. The number of nitrogens with zero attached hydrogens (tertiary/aromatic N) is 1. The number of benzene rings is 2. The average Bonchev–Trinajstić information content (AvgIpc) is 3.12. The molecule has 0 spiro atoms. The van der Waals surface area contributed by atoms with Crippen molar-refractivity contribution in [2.75, 3.05) is 34.4 Å². The number of likely N-dealkylation sites (tertiary alicyclic amines) is 1. The van der Waals surface area contributed by atoms with Crippen molar-refractivity contribution >= 4 is 11.9 Å². The van der Waals surface area contributed by atoms with Crippen molar-refractivity contribution in [3.05, 3.63) is 46.7 Å². The van der Waals surface area contributed by atoms with E-state index in [0.29, 0.717) is 52.2 Å². The number of Topliss-reactive ketones (excluding diaryl/α,β-unsaturated/α-hetero) is 1. The number of piperidine rings is 1. The standard InChI is InChI=1S/C25H29NO6/c1-15-9-11-26(12-10-15)14-18-19(27)7-6-17-22(28)21(32-24(17)18)13-16-5-8-20(29-2)25(31-4)23(16)30-3/h5-8,13,15,27H,9-12,14H2,1-4H3. The number of ether oxygens (including phenoxy) is 4. The largest absolute Gasteiger partial charge is 0.507 e. The van der Waals surface area contributed by atoms with Gasteiger partial charge in [0.05, 0.1) is 32.5 Å². The number of fused-ring (bicyclic) bond motifs is 1. The molecule has 1 N–H and O–H groups in total. The minimum atomic E-state index is -0.231. The molecule has 2 aromatic rings. The van der Waals surface area contributed by atoms with E-state index in [1.807, 2.05) is 0 Å². The second-order valence-electron chi connectivity index (χ2n) is 8.26. The van der Waals surface area contributed by atoms with E-state index < -0.39 is 0 Å². The Hall–Kier alpha value is -3.19. The van der Waals surface area contributed by atoms with Gasteiger partial charge >= 0.3 is 0 Å². The maximum Gasteiger partial charge on any atom is 0.231 e. The zero-order valence-corrected chi connectivity index (χ0v) is 18.9. The molecule has 0 radical (unpaired) electrons. The Labute approximate surface area is 188 Å². The molecule has 7 heteroatoms. The van der Waals surface area contributed by atoms with Crippen molar-refractivity contribution in [3.63, 3.8) is 0 Å². The molecular formula is C25H29NO6. The molecule has 1 fully saturated rings. The minimum absolute atomic E-state index is 0.139. The molecule has 2 aliphatic heterocycles. The predicted octanol–water partition coefficient (Wildman–Crippen LogP) is 4.27. The van der Waals surface area contributed by atoms with Gasteiger partial charge in [0.2, 0.25) is 11.5 Å². The predicted molar refractivity (Wildman–Crippen MR) is 121 cm³/mol. The van der Waals surface area contributed by atoms with Crippen LogP contribution in [0, 0.1) is 5.92 Å². The lowest BCUT2D eigenvalue weighted by Gasteiger charge is -2.30. The van der Waals surface area contributed by atoms with Crippen LogP contribution in [0.25, 0.3) is 6.08 Å². The smallest absolute Gasteiger partial charge is 0.231 e. The number of phenolic OH excluding ortho intramolecular Hbond substituents is 1. The maximum atomic E-state index is 13.1. The van der Waals surface area contributed by atoms with E-state index in [1.54, 1.807) is 37.5 Å². The number of carbonyl (C=O) groups excluding carboxylic acids is 1. The highest BCUT2D eigenvalue weighted by Crippen LogP contribution is 2.43. The van der Waals surface area contributed by atoms with Crippen molar-refractivity contribution in [2.24, 2.45) is 5.92 Å². The van der Waals surface area contributed by atoms with Crippen LogP contribution in [-0.4, -0.2) is 50.2 Å². The molecule has 0 atom stereocenters. The number of hydrogen-bond acceptors (Lipinski definition) is 7. The van der Waals surface area contributed by atoms with Gasteiger partial charge in [-0.1, -0.05) is 6.92 Å². The van der Waals surface area contributed by atoms with Gasteiger partial charge in [0, 0.05) is 12.1 Å². The fourth-order valence-electron chi connectivity index (χ4n) is 4.27. The summed E-state index contributed by atoms with van der Waals surface area (Å²) >= 11 is 0. The summed E-state index contributed by atoms with van der Waals surface area (Å²) in [7, 11) is 4.61. The van der Waals surface area contributed by atoms with E-state index in [4.69, 9.17) is 18.9 Å². The molecule has 1 saturated heterocycles. The van der Waals surface area contributed by atoms with Gasteiger partial charge in [-0.2, -0.15) is 0 Å². The van der Waals surface area contributed by atoms with Gasteiger partial charge in [-0.05, 0) is 62.2 Å². The lowest BCUT2D eigenvalue weighted by molar-refractivity contribution is 0.101. The zero-order chi connectivity index (χ0) is 22.8. The van der Waals surface area contributed by atoms with Crippen LogP contribution in [0.2, 0.25) is 0 Å². The summed E-state index contributed by atoms with van der Waals surface area (Å²) in [5.74, 6) is 2.62. The first-order chi connectivity index (χ1) is 15.5. The van der Waals surface area contributed by atoms with Crippen molar-refractivity contribution in [1.82, 2.24) is 4.90 Å². The number of methoxy groups -OCH3 is 3.